The lowest BCUT2D eigenvalue weighted by atomic mass is 10.4. The van der Waals surface area contributed by atoms with Gasteiger partial charge in [-0.1, -0.05) is 0 Å². The molecule has 0 unspecified atom stereocenters. The van der Waals surface area contributed by atoms with Crippen molar-refractivity contribution in [2.24, 2.45) is 5.90 Å². The van der Waals surface area contributed by atoms with Crippen LogP contribution in [0.3, 0.4) is 0 Å². The Morgan fingerprint density at radius 1 is 1.43 bits per heavy atom. The predicted molar refractivity (Wildman–Crippen MR) is 33.2 cm³/mol. The van der Waals surface area contributed by atoms with Gasteiger partial charge in [-0.2, -0.15) is 12.6 Å². The first kappa shape index (κ1) is 7.27. The van der Waals surface area contributed by atoms with Gasteiger partial charge in [-0.05, 0) is 18.6 Å². The Kier molecular flexibility index (Phi) is 6.51. The van der Waals surface area contributed by atoms with E-state index in [-0.39, 0.29) is 0 Å². The fraction of sp³-hybridized carbons (Fsp3) is 1.00. The Hall–Kier alpha value is 0.270. The zero-order valence-corrected chi connectivity index (χ0v) is 5.16. The van der Waals surface area contributed by atoms with Gasteiger partial charge in [-0.3, -0.25) is 0 Å². The summed E-state index contributed by atoms with van der Waals surface area (Å²) in [7, 11) is 0. The number of hydrogen-bond acceptors (Lipinski definition) is 3. The molecule has 0 saturated carbocycles. The fourth-order valence-corrected chi connectivity index (χ4v) is 0.521. The number of unbranched alkanes of at least 4 members (excludes halogenated alkanes) is 1. The van der Waals surface area contributed by atoms with Crippen LogP contribution in [0.2, 0.25) is 0 Å². The summed E-state index contributed by atoms with van der Waals surface area (Å²) in [5, 5.41) is 0. The zero-order valence-electron chi connectivity index (χ0n) is 4.26. The molecule has 0 aliphatic carbocycles. The van der Waals surface area contributed by atoms with E-state index in [1.54, 1.807) is 0 Å². The second-order valence-electron chi connectivity index (χ2n) is 1.30. The molecule has 44 valence electrons. The molecule has 0 amide bonds. The highest BCUT2D eigenvalue weighted by molar-refractivity contribution is 7.80. The zero-order chi connectivity index (χ0) is 5.54. The van der Waals surface area contributed by atoms with Crippen molar-refractivity contribution < 1.29 is 4.84 Å². The molecule has 3 heteroatoms. The minimum Gasteiger partial charge on any atom is -0.305 e. The summed E-state index contributed by atoms with van der Waals surface area (Å²) in [4.78, 5) is 4.31. The van der Waals surface area contributed by atoms with Crippen molar-refractivity contribution in [2.75, 3.05) is 12.4 Å². The van der Waals surface area contributed by atoms with Gasteiger partial charge < -0.3 is 4.84 Å². The van der Waals surface area contributed by atoms with E-state index in [9.17, 15) is 0 Å². The summed E-state index contributed by atoms with van der Waals surface area (Å²) in [6.07, 6.45) is 2.10. The van der Waals surface area contributed by atoms with Crippen LogP contribution in [0.5, 0.6) is 0 Å². The maximum absolute atomic E-state index is 4.74. The smallest absolute Gasteiger partial charge is 0.0679 e. The highest BCUT2D eigenvalue weighted by Gasteiger charge is 1.80. The largest absolute Gasteiger partial charge is 0.305 e. The SMILES string of the molecule is NOCCCCS. The van der Waals surface area contributed by atoms with E-state index in [2.05, 4.69) is 17.5 Å². The van der Waals surface area contributed by atoms with Crippen LogP contribution in [-0.4, -0.2) is 12.4 Å². The summed E-state index contributed by atoms with van der Waals surface area (Å²) in [5.41, 5.74) is 0. The molecule has 0 saturated heterocycles. The van der Waals surface area contributed by atoms with E-state index in [4.69, 9.17) is 5.90 Å². The van der Waals surface area contributed by atoms with Crippen LogP contribution in [0.15, 0.2) is 0 Å². The Morgan fingerprint density at radius 2 is 2.14 bits per heavy atom. The minimum atomic E-state index is 0.653. The van der Waals surface area contributed by atoms with Crippen molar-refractivity contribution in [3.05, 3.63) is 0 Å². The van der Waals surface area contributed by atoms with E-state index < -0.39 is 0 Å². The van der Waals surface area contributed by atoms with Crippen molar-refractivity contribution in [3.8, 4) is 0 Å². The summed E-state index contributed by atoms with van der Waals surface area (Å²) in [5.74, 6) is 5.66. The third-order valence-electron chi connectivity index (χ3n) is 0.670. The summed E-state index contributed by atoms with van der Waals surface area (Å²) in [6, 6.07) is 0. The van der Waals surface area contributed by atoms with Crippen LogP contribution >= 0.6 is 12.6 Å². The topological polar surface area (TPSA) is 35.2 Å². The van der Waals surface area contributed by atoms with Crippen molar-refractivity contribution in [2.45, 2.75) is 12.8 Å². The van der Waals surface area contributed by atoms with Gasteiger partial charge in [0.15, 0.2) is 0 Å². The van der Waals surface area contributed by atoms with Gasteiger partial charge in [-0.15, -0.1) is 0 Å². The third-order valence-corrected chi connectivity index (χ3v) is 0.987. The molecule has 0 atom stereocenters. The molecular formula is C4H11NOS. The normalized spacial score (nSPS) is 9.43. The number of hydrogen-bond donors (Lipinski definition) is 2. The standard InChI is InChI=1S/C4H11NOS/c5-6-3-1-2-4-7/h7H,1-5H2. The Bertz CT molecular complexity index is 30.9. The van der Waals surface area contributed by atoms with Gasteiger partial charge in [0.25, 0.3) is 0 Å². The quantitative estimate of drug-likeness (QED) is 0.324. The minimum absolute atomic E-state index is 0.653. The van der Waals surface area contributed by atoms with E-state index in [0.717, 1.165) is 18.6 Å². The number of rotatable bonds is 4. The second-order valence-corrected chi connectivity index (χ2v) is 1.75. The average molecular weight is 121 g/mol. The Morgan fingerprint density at radius 3 is 2.57 bits per heavy atom. The van der Waals surface area contributed by atoms with Gasteiger partial charge in [-0.25, -0.2) is 5.90 Å². The van der Waals surface area contributed by atoms with Gasteiger partial charge in [0.05, 0.1) is 6.61 Å². The van der Waals surface area contributed by atoms with E-state index in [0.29, 0.717) is 6.61 Å². The average Bonchev–Trinajstić information content (AvgIpc) is 1.69. The van der Waals surface area contributed by atoms with Crippen LogP contribution < -0.4 is 5.90 Å². The van der Waals surface area contributed by atoms with Crippen LogP contribution in [0.25, 0.3) is 0 Å². The van der Waals surface area contributed by atoms with E-state index >= 15 is 0 Å². The van der Waals surface area contributed by atoms with Crippen molar-refractivity contribution in [1.82, 2.24) is 0 Å². The van der Waals surface area contributed by atoms with Gasteiger partial charge in [0.1, 0.15) is 0 Å². The lowest BCUT2D eigenvalue weighted by Gasteiger charge is -1.91. The monoisotopic (exact) mass is 121 g/mol. The molecule has 0 radical (unpaired) electrons. The molecule has 0 aromatic rings. The highest BCUT2D eigenvalue weighted by atomic mass is 32.1. The fourth-order valence-electron chi connectivity index (χ4n) is 0.297. The molecule has 0 bridgehead atoms. The molecule has 0 heterocycles. The lowest BCUT2D eigenvalue weighted by Crippen LogP contribution is -2.00. The molecule has 0 aliphatic heterocycles. The van der Waals surface area contributed by atoms with E-state index in [1.807, 2.05) is 0 Å². The van der Waals surface area contributed by atoms with Crippen LogP contribution in [0.4, 0.5) is 0 Å². The Balaban J connectivity index is 2.45. The van der Waals surface area contributed by atoms with Crippen molar-refractivity contribution >= 4 is 12.6 Å². The molecular weight excluding hydrogens is 110 g/mol. The number of nitrogens with two attached hydrogens (primary N) is 1. The molecule has 0 rings (SSSR count). The molecule has 0 fully saturated rings. The Labute approximate surface area is 49.4 Å². The summed E-state index contributed by atoms with van der Waals surface area (Å²) in [6.45, 7) is 0.653. The first-order valence-electron chi connectivity index (χ1n) is 2.34. The second kappa shape index (κ2) is 6.27. The highest BCUT2D eigenvalue weighted by Crippen LogP contribution is 1.88. The molecule has 2 nitrogen and oxygen atoms in total. The van der Waals surface area contributed by atoms with Gasteiger partial charge in [0, 0.05) is 0 Å². The first-order valence-corrected chi connectivity index (χ1v) is 2.97. The number of thiol groups is 1. The lowest BCUT2D eigenvalue weighted by molar-refractivity contribution is 0.135. The molecule has 0 aliphatic rings. The van der Waals surface area contributed by atoms with E-state index in [1.165, 1.54) is 0 Å². The van der Waals surface area contributed by atoms with Crippen LogP contribution in [-0.2, 0) is 4.84 Å². The summed E-state index contributed by atoms with van der Waals surface area (Å²) >= 11 is 4.00. The molecule has 0 aromatic carbocycles. The van der Waals surface area contributed by atoms with Crippen LogP contribution in [0, 0.1) is 0 Å². The molecule has 0 aromatic heterocycles. The molecule has 7 heavy (non-hydrogen) atoms. The van der Waals surface area contributed by atoms with Crippen molar-refractivity contribution in [1.29, 1.82) is 0 Å². The van der Waals surface area contributed by atoms with Gasteiger partial charge in [0.2, 0.25) is 0 Å². The maximum Gasteiger partial charge on any atom is 0.0679 e. The third kappa shape index (κ3) is 6.27. The predicted octanol–water partition coefficient (Wildman–Crippen LogP) is 0.587. The molecule has 2 N–H and O–H groups in total. The first-order chi connectivity index (χ1) is 3.41. The van der Waals surface area contributed by atoms with Gasteiger partial charge >= 0.3 is 0 Å². The molecule has 0 spiro atoms. The summed E-state index contributed by atoms with van der Waals surface area (Å²) < 4.78 is 0. The van der Waals surface area contributed by atoms with Crippen LogP contribution in [0.1, 0.15) is 12.8 Å². The maximum atomic E-state index is 4.74. The van der Waals surface area contributed by atoms with Crippen molar-refractivity contribution in [3.63, 3.8) is 0 Å².